The Morgan fingerprint density at radius 3 is 2.24 bits per heavy atom. The molecule has 5 rings (SSSR count). The van der Waals surface area contributed by atoms with Crippen LogP contribution in [0.2, 0.25) is 0 Å². The van der Waals surface area contributed by atoms with Gasteiger partial charge in [-0.05, 0) is 84.8 Å². The SMILES string of the molecule is Cc1ccccc1/C=C(\NC(=O)c1ccccc1)C(=O)Nc1ccc(SC2CC(=O)N(c3ccc(F)cc3)C2=O)cc1. The lowest BCUT2D eigenvalue weighted by atomic mass is 10.1. The molecule has 4 amide bonds. The van der Waals surface area contributed by atoms with E-state index in [0.717, 1.165) is 20.9 Å². The number of carbonyl (C=O) groups excluding carboxylic acids is 4. The number of hydrogen-bond acceptors (Lipinski definition) is 5. The number of nitrogens with zero attached hydrogens (tertiary/aromatic N) is 1. The van der Waals surface area contributed by atoms with Gasteiger partial charge in [0.15, 0.2) is 0 Å². The lowest BCUT2D eigenvalue weighted by Gasteiger charge is -2.15. The molecule has 0 aliphatic carbocycles. The highest BCUT2D eigenvalue weighted by Crippen LogP contribution is 2.34. The first kappa shape index (κ1) is 28.5. The summed E-state index contributed by atoms with van der Waals surface area (Å²) in [5, 5.41) is 4.92. The largest absolute Gasteiger partial charge is 0.321 e. The minimum absolute atomic E-state index is 0.0214. The predicted octanol–water partition coefficient (Wildman–Crippen LogP) is 5.97. The van der Waals surface area contributed by atoms with Gasteiger partial charge in [0.05, 0.1) is 10.9 Å². The molecule has 42 heavy (non-hydrogen) atoms. The number of imide groups is 1. The lowest BCUT2D eigenvalue weighted by Crippen LogP contribution is -2.31. The lowest BCUT2D eigenvalue weighted by molar-refractivity contribution is -0.121. The topological polar surface area (TPSA) is 95.6 Å². The van der Waals surface area contributed by atoms with Crippen LogP contribution in [0, 0.1) is 12.7 Å². The van der Waals surface area contributed by atoms with Crippen LogP contribution in [-0.4, -0.2) is 28.9 Å². The second kappa shape index (κ2) is 12.7. The summed E-state index contributed by atoms with van der Waals surface area (Å²) in [4.78, 5) is 53.5. The van der Waals surface area contributed by atoms with Gasteiger partial charge in [-0.3, -0.25) is 19.2 Å². The number of nitrogens with one attached hydrogen (secondary N) is 2. The fourth-order valence-electron chi connectivity index (χ4n) is 4.38. The van der Waals surface area contributed by atoms with Crippen molar-refractivity contribution in [2.24, 2.45) is 0 Å². The molecule has 1 heterocycles. The highest BCUT2D eigenvalue weighted by Gasteiger charge is 2.40. The number of halogens is 1. The van der Waals surface area contributed by atoms with E-state index in [-0.39, 0.29) is 23.9 Å². The number of amides is 4. The number of thioether (sulfide) groups is 1. The van der Waals surface area contributed by atoms with E-state index in [9.17, 15) is 23.6 Å². The summed E-state index contributed by atoms with van der Waals surface area (Å²) < 4.78 is 13.3. The fourth-order valence-corrected chi connectivity index (χ4v) is 5.44. The maximum atomic E-state index is 13.3. The van der Waals surface area contributed by atoms with Crippen LogP contribution in [0.15, 0.2) is 114 Å². The molecule has 7 nitrogen and oxygen atoms in total. The molecule has 210 valence electrons. The molecule has 0 radical (unpaired) electrons. The van der Waals surface area contributed by atoms with Crippen LogP contribution < -0.4 is 15.5 Å². The third-order valence-electron chi connectivity index (χ3n) is 6.60. The van der Waals surface area contributed by atoms with Crippen molar-refractivity contribution in [2.45, 2.75) is 23.5 Å². The summed E-state index contributed by atoms with van der Waals surface area (Å²) in [6.07, 6.45) is 1.65. The first-order chi connectivity index (χ1) is 20.3. The molecule has 2 N–H and O–H groups in total. The minimum Gasteiger partial charge on any atom is -0.321 e. The van der Waals surface area contributed by atoms with Gasteiger partial charge < -0.3 is 10.6 Å². The summed E-state index contributed by atoms with van der Waals surface area (Å²) in [5.41, 5.74) is 3.04. The van der Waals surface area contributed by atoms with Crippen LogP contribution in [0.5, 0.6) is 0 Å². The molecule has 1 aliphatic rings. The predicted molar refractivity (Wildman–Crippen MR) is 161 cm³/mol. The second-order valence-corrected chi connectivity index (χ2v) is 10.8. The number of rotatable bonds is 8. The first-order valence-corrected chi connectivity index (χ1v) is 14.0. The molecule has 4 aromatic rings. The van der Waals surface area contributed by atoms with Crippen molar-refractivity contribution in [1.82, 2.24) is 5.32 Å². The average Bonchev–Trinajstić information content (AvgIpc) is 3.27. The van der Waals surface area contributed by atoms with E-state index in [0.29, 0.717) is 16.9 Å². The Kier molecular flexibility index (Phi) is 8.59. The molecule has 1 fully saturated rings. The molecule has 4 aromatic carbocycles. The fraction of sp³-hybridized carbons (Fsp3) is 0.0909. The zero-order valence-corrected chi connectivity index (χ0v) is 23.4. The molecule has 0 aromatic heterocycles. The maximum absolute atomic E-state index is 13.3. The number of carbonyl (C=O) groups is 4. The summed E-state index contributed by atoms with van der Waals surface area (Å²) in [5.74, 6) is -2.09. The van der Waals surface area contributed by atoms with Gasteiger partial charge >= 0.3 is 0 Å². The van der Waals surface area contributed by atoms with E-state index in [2.05, 4.69) is 10.6 Å². The number of hydrogen-bond donors (Lipinski definition) is 2. The molecule has 1 atom stereocenters. The standard InChI is InChI=1S/C33H26FN3O4S/c1-21-7-5-6-10-23(21)19-28(36-31(39)22-8-3-2-4-9-22)32(40)35-25-13-17-27(18-14-25)42-29-20-30(38)37(33(29)41)26-15-11-24(34)12-16-26/h2-19,29H,20H2,1H3,(H,35,40)(H,36,39)/b28-19-. The number of benzene rings is 4. The zero-order valence-electron chi connectivity index (χ0n) is 22.5. The van der Waals surface area contributed by atoms with Gasteiger partial charge in [-0.25, -0.2) is 9.29 Å². The Morgan fingerprint density at radius 2 is 1.55 bits per heavy atom. The van der Waals surface area contributed by atoms with Gasteiger partial charge in [-0.1, -0.05) is 42.5 Å². The Balaban J connectivity index is 1.28. The Morgan fingerprint density at radius 1 is 0.881 bits per heavy atom. The van der Waals surface area contributed by atoms with Crippen molar-refractivity contribution in [3.63, 3.8) is 0 Å². The molecule has 1 aliphatic heterocycles. The third kappa shape index (κ3) is 6.64. The molecule has 1 unspecified atom stereocenters. The van der Waals surface area contributed by atoms with Crippen LogP contribution in [0.1, 0.15) is 27.9 Å². The number of aryl methyl sites for hydroxylation is 1. The Hall–Kier alpha value is -5.02. The van der Waals surface area contributed by atoms with Crippen molar-refractivity contribution in [2.75, 3.05) is 10.2 Å². The van der Waals surface area contributed by atoms with Gasteiger partial charge in [0.1, 0.15) is 11.5 Å². The van der Waals surface area contributed by atoms with Crippen LogP contribution >= 0.6 is 11.8 Å². The highest BCUT2D eigenvalue weighted by atomic mass is 32.2. The molecule has 1 saturated heterocycles. The van der Waals surface area contributed by atoms with Crippen molar-refractivity contribution >= 4 is 52.8 Å². The van der Waals surface area contributed by atoms with E-state index < -0.39 is 22.9 Å². The van der Waals surface area contributed by atoms with Crippen LogP contribution in [-0.2, 0) is 14.4 Å². The van der Waals surface area contributed by atoms with Crippen molar-refractivity contribution in [1.29, 1.82) is 0 Å². The van der Waals surface area contributed by atoms with E-state index in [1.807, 2.05) is 31.2 Å². The molecule has 0 bridgehead atoms. The van der Waals surface area contributed by atoms with Gasteiger partial charge in [0.2, 0.25) is 11.8 Å². The molecule has 9 heteroatoms. The summed E-state index contributed by atoms with van der Waals surface area (Å²) in [7, 11) is 0. The maximum Gasteiger partial charge on any atom is 0.272 e. The van der Waals surface area contributed by atoms with Gasteiger partial charge in [0, 0.05) is 22.6 Å². The molecule has 0 spiro atoms. The average molecular weight is 580 g/mol. The smallest absolute Gasteiger partial charge is 0.272 e. The minimum atomic E-state index is -0.625. The molecular weight excluding hydrogens is 553 g/mol. The highest BCUT2D eigenvalue weighted by molar-refractivity contribution is 8.00. The zero-order chi connectivity index (χ0) is 29.6. The molecular formula is C33H26FN3O4S. The van der Waals surface area contributed by atoms with E-state index >= 15 is 0 Å². The van der Waals surface area contributed by atoms with Crippen LogP contribution in [0.25, 0.3) is 6.08 Å². The van der Waals surface area contributed by atoms with Crippen LogP contribution in [0.3, 0.4) is 0 Å². The van der Waals surface area contributed by atoms with Gasteiger partial charge in [0.25, 0.3) is 11.8 Å². The summed E-state index contributed by atoms with van der Waals surface area (Å²) >= 11 is 1.24. The monoisotopic (exact) mass is 579 g/mol. The number of anilines is 2. The van der Waals surface area contributed by atoms with Gasteiger partial charge in [-0.15, -0.1) is 11.8 Å². The van der Waals surface area contributed by atoms with E-state index in [1.54, 1.807) is 60.7 Å². The molecule has 0 saturated carbocycles. The van der Waals surface area contributed by atoms with E-state index in [4.69, 9.17) is 0 Å². The third-order valence-corrected chi connectivity index (χ3v) is 7.79. The second-order valence-electron chi connectivity index (χ2n) is 9.57. The van der Waals surface area contributed by atoms with Crippen molar-refractivity contribution in [3.8, 4) is 0 Å². The van der Waals surface area contributed by atoms with Crippen molar-refractivity contribution < 1.29 is 23.6 Å². The van der Waals surface area contributed by atoms with Crippen LogP contribution in [0.4, 0.5) is 15.8 Å². The first-order valence-electron chi connectivity index (χ1n) is 13.1. The summed E-state index contributed by atoms with van der Waals surface area (Å²) in [6.45, 7) is 1.91. The quantitative estimate of drug-likeness (QED) is 0.198. The van der Waals surface area contributed by atoms with Gasteiger partial charge in [-0.2, -0.15) is 0 Å². The Bertz CT molecular complexity index is 1670. The normalized spacial score (nSPS) is 15.0. The van der Waals surface area contributed by atoms with Crippen molar-refractivity contribution in [3.05, 3.63) is 131 Å². The summed E-state index contributed by atoms with van der Waals surface area (Å²) in [6, 6.07) is 28.2. The Labute approximate surface area is 246 Å². The van der Waals surface area contributed by atoms with E-state index in [1.165, 1.54) is 36.0 Å².